The molecule has 0 radical (unpaired) electrons. The lowest BCUT2D eigenvalue weighted by Gasteiger charge is -2.28. The van der Waals surface area contributed by atoms with Crippen molar-refractivity contribution in [3.05, 3.63) is 24.3 Å². The molecule has 0 bridgehead atoms. The molecule has 1 amide bonds. The molecule has 15 heavy (non-hydrogen) atoms. The first-order valence-corrected chi connectivity index (χ1v) is 4.99. The van der Waals surface area contributed by atoms with Gasteiger partial charge in [0, 0.05) is 0 Å². The summed E-state index contributed by atoms with van der Waals surface area (Å²) in [6.07, 6.45) is -0.312. The van der Waals surface area contributed by atoms with Crippen molar-refractivity contribution in [3.8, 4) is 5.75 Å². The number of ether oxygens (including phenoxy) is 2. The first-order chi connectivity index (χ1) is 7.33. The van der Waals surface area contributed by atoms with Crippen LogP contribution < -0.4 is 9.64 Å². The van der Waals surface area contributed by atoms with Gasteiger partial charge in [0.15, 0.2) is 0 Å². The number of hydrogen-bond donors (Lipinski definition) is 0. The van der Waals surface area contributed by atoms with Crippen LogP contribution in [0.4, 0.5) is 10.5 Å². The maximum Gasteiger partial charge on any atom is 0.414 e. The Hall–Kier alpha value is -1.71. The number of fused-ring (bicyclic) bond motifs is 1. The van der Waals surface area contributed by atoms with Gasteiger partial charge in [-0.05, 0) is 19.1 Å². The minimum absolute atomic E-state index is 0.312. The third-order valence-corrected chi connectivity index (χ3v) is 2.22. The van der Waals surface area contributed by atoms with E-state index in [2.05, 4.69) is 0 Å². The fourth-order valence-corrected chi connectivity index (χ4v) is 1.56. The van der Waals surface area contributed by atoms with Gasteiger partial charge >= 0.3 is 6.09 Å². The topological polar surface area (TPSA) is 38.8 Å². The van der Waals surface area contributed by atoms with Crippen molar-refractivity contribution in [1.82, 2.24) is 0 Å². The van der Waals surface area contributed by atoms with E-state index in [9.17, 15) is 4.79 Å². The number of carbonyl (C=O) groups is 1. The lowest BCUT2D eigenvalue weighted by atomic mass is 10.2. The maximum absolute atomic E-state index is 11.6. The van der Waals surface area contributed by atoms with Crippen LogP contribution in [0.5, 0.6) is 5.75 Å². The second-order valence-corrected chi connectivity index (χ2v) is 3.17. The lowest BCUT2D eigenvalue weighted by molar-refractivity contribution is 0.156. The van der Waals surface area contributed by atoms with Gasteiger partial charge in [-0.2, -0.15) is 0 Å². The van der Waals surface area contributed by atoms with Gasteiger partial charge in [0.2, 0.25) is 0 Å². The summed E-state index contributed by atoms with van der Waals surface area (Å²) in [6, 6.07) is 7.46. The van der Waals surface area contributed by atoms with Crippen LogP contribution in [0.3, 0.4) is 0 Å². The van der Waals surface area contributed by atoms with Crippen molar-refractivity contribution >= 4 is 11.8 Å². The quantitative estimate of drug-likeness (QED) is 0.707. The van der Waals surface area contributed by atoms with Crippen LogP contribution in [-0.4, -0.2) is 25.9 Å². The normalized spacial score (nSPS) is 14.1. The molecular formula is C11H13NO3. The van der Waals surface area contributed by atoms with Crippen LogP contribution in [0.15, 0.2) is 24.3 Å². The fraction of sp³-hybridized carbons (Fsp3) is 0.364. The molecule has 0 aliphatic carbocycles. The van der Waals surface area contributed by atoms with Crippen molar-refractivity contribution in [2.45, 2.75) is 6.92 Å². The van der Waals surface area contributed by atoms with E-state index in [0.29, 0.717) is 19.8 Å². The van der Waals surface area contributed by atoms with Crippen LogP contribution in [0.2, 0.25) is 0 Å². The fourth-order valence-electron chi connectivity index (χ4n) is 1.56. The monoisotopic (exact) mass is 207 g/mol. The van der Waals surface area contributed by atoms with E-state index in [1.54, 1.807) is 11.8 Å². The Labute approximate surface area is 88.4 Å². The Morgan fingerprint density at radius 3 is 3.13 bits per heavy atom. The summed E-state index contributed by atoms with van der Waals surface area (Å²) in [5.41, 5.74) is 0.780. The van der Waals surface area contributed by atoms with Crippen LogP contribution in [0.25, 0.3) is 0 Å². The Morgan fingerprint density at radius 2 is 2.33 bits per heavy atom. The molecule has 0 spiro atoms. The number of benzene rings is 1. The second kappa shape index (κ2) is 4.21. The molecule has 0 atom stereocenters. The Bertz CT molecular complexity index is 365. The Balaban J connectivity index is 2.25. The molecule has 1 heterocycles. The summed E-state index contributed by atoms with van der Waals surface area (Å²) in [5, 5.41) is 0. The van der Waals surface area contributed by atoms with Crippen molar-refractivity contribution in [1.29, 1.82) is 0 Å². The third-order valence-electron chi connectivity index (χ3n) is 2.22. The van der Waals surface area contributed by atoms with Gasteiger partial charge in [0.25, 0.3) is 0 Å². The first-order valence-electron chi connectivity index (χ1n) is 4.99. The highest BCUT2D eigenvalue weighted by atomic mass is 16.6. The molecule has 0 aromatic heterocycles. The van der Waals surface area contributed by atoms with Gasteiger partial charge in [-0.25, -0.2) is 4.79 Å². The standard InChI is InChI=1S/C11H13NO3/c1-2-14-11(13)12-7-8-15-10-6-4-3-5-9(10)12/h3-6H,2,7-8H2,1H3. The number of para-hydroxylation sites is 2. The van der Waals surface area contributed by atoms with Crippen molar-refractivity contribution in [2.75, 3.05) is 24.7 Å². The number of hydrogen-bond acceptors (Lipinski definition) is 3. The number of carbonyl (C=O) groups excluding carboxylic acids is 1. The smallest absolute Gasteiger partial charge is 0.414 e. The van der Waals surface area contributed by atoms with E-state index < -0.39 is 0 Å². The summed E-state index contributed by atoms with van der Waals surface area (Å²) in [4.78, 5) is 13.2. The van der Waals surface area contributed by atoms with Crippen LogP contribution in [0.1, 0.15) is 6.92 Å². The summed E-state index contributed by atoms with van der Waals surface area (Å²) in [7, 11) is 0. The van der Waals surface area contributed by atoms with Crippen molar-refractivity contribution in [3.63, 3.8) is 0 Å². The molecule has 0 saturated heterocycles. The number of nitrogens with zero attached hydrogens (tertiary/aromatic N) is 1. The molecule has 0 saturated carbocycles. The minimum atomic E-state index is -0.312. The van der Waals surface area contributed by atoms with Gasteiger partial charge in [0.05, 0.1) is 18.8 Å². The highest BCUT2D eigenvalue weighted by molar-refractivity contribution is 5.90. The predicted octanol–water partition coefficient (Wildman–Crippen LogP) is 2.04. The molecule has 0 N–H and O–H groups in total. The summed E-state index contributed by atoms with van der Waals surface area (Å²) in [5.74, 6) is 0.733. The molecule has 2 rings (SSSR count). The highest BCUT2D eigenvalue weighted by Gasteiger charge is 2.23. The first kappa shape index (κ1) is 9.83. The van der Waals surface area contributed by atoms with E-state index in [1.165, 1.54) is 0 Å². The van der Waals surface area contributed by atoms with Crippen LogP contribution >= 0.6 is 0 Å². The van der Waals surface area contributed by atoms with Crippen molar-refractivity contribution < 1.29 is 14.3 Å². The zero-order valence-electron chi connectivity index (χ0n) is 8.60. The predicted molar refractivity (Wildman–Crippen MR) is 56.3 cm³/mol. The molecule has 1 aromatic rings. The molecule has 1 aromatic carbocycles. The summed E-state index contributed by atoms with van der Waals surface area (Å²) >= 11 is 0. The van der Waals surface area contributed by atoms with E-state index >= 15 is 0 Å². The highest BCUT2D eigenvalue weighted by Crippen LogP contribution is 2.31. The van der Waals surface area contributed by atoms with Crippen molar-refractivity contribution in [2.24, 2.45) is 0 Å². The van der Waals surface area contributed by atoms with E-state index in [4.69, 9.17) is 9.47 Å². The third kappa shape index (κ3) is 1.88. The summed E-state index contributed by atoms with van der Waals surface area (Å²) < 4.78 is 10.4. The molecule has 80 valence electrons. The lowest BCUT2D eigenvalue weighted by Crippen LogP contribution is -2.38. The molecule has 1 aliphatic heterocycles. The van der Waals surface area contributed by atoms with E-state index in [1.807, 2.05) is 24.3 Å². The molecule has 0 fully saturated rings. The number of rotatable bonds is 1. The SMILES string of the molecule is CCOC(=O)N1CCOc2ccccc21. The van der Waals surface area contributed by atoms with Crippen LogP contribution in [0, 0.1) is 0 Å². The molecule has 4 nitrogen and oxygen atoms in total. The molecule has 1 aliphatic rings. The molecule has 4 heteroatoms. The summed E-state index contributed by atoms with van der Waals surface area (Å²) in [6.45, 7) is 3.23. The van der Waals surface area contributed by atoms with Gasteiger partial charge in [-0.15, -0.1) is 0 Å². The Kier molecular flexibility index (Phi) is 2.76. The van der Waals surface area contributed by atoms with Gasteiger partial charge in [-0.3, -0.25) is 4.90 Å². The average Bonchev–Trinajstić information content (AvgIpc) is 2.28. The number of anilines is 1. The zero-order chi connectivity index (χ0) is 10.7. The minimum Gasteiger partial charge on any atom is -0.490 e. The second-order valence-electron chi connectivity index (χ2n) is 3.17. The number of amides is 1. The molecule has 0 unspecified atom stereocenters. The maximum atomic E-state index is 11.6. The largest absolute Gasteiger partial charge is 0.490 e. The van der Waals surface area contributed by atoms with E-state index in [-0.39, 0.29) is 6.09 Å². The average molecular weight is 207 g/mol. The van der Waals surface area contributed by atoms with Gasteiger partial charge in [0.1, 0.15) is 12.4 Å². The van der Waals surface area contributed by atoms with E-state index in [0.717, 1.165) is 11.4 Å². The van der Waals surface area contributed by atoms with Gasteiger partial charge in [-0.1, -0.05) is 12.1 Å². The molecular weight excluding hydrogens is 194 g/mol. The Morgan fingerprint density at radius 1 is 1.53 bits per heavy atom. The van der Waals surface area contributed by atoms with Gasteiger partial charge < -0.3 is 9.47 Å². The van der Waals surface area contributed by atoms with Crippen LogP contribution in [-0.2, 0) is 4.74 Å². The zero-order valence-corrected chi connectivity index (χ0v) is 8.60.